The zero-order valence-electron chi connectivity index (χ0n) is 19.0. The molecule has 1 N–H and O–H groups in total. The van der Waals surface area contributed by atoms with Gasteiger partial charge in [0.25, 0.3) is 15.9 Å². The molecule has 8 nitrogen and oxygen atoms in total. The Labute approximate surface area is 208 Å². The Morgan fingerprint density at radius 3 is 2.54 bits per heavy atom. The zero-order valence-corrected chi connectivity index (χ0v) is 20.6. The predicted octanol–water partition coefficient (Wildman–Crippen LogP) is 4.42. The number of amides is 1. The number of sulfonamides is 1. The average molecular weight is 515 g/mol. The molecule has 0 bridgehead atoms. The number of benzene rings is 3. The number of nitrogens with zero attached hydrogens (tertiary/aromatic N) is 1. The molecular formula is C25H23ClN2O6S. The Balaban J connectivity index is 1.62. The van der Waals surface area contributed by atoms with Crippen LogP contribution in [0.2, 0.25) is 5.02 Å². The van der Waals surface area contributed by atoms with Crippen molar-refractivity contribution in [3.63, 3.8) is 0 Å². The Morgan fingerprint density at radius 2 is 1.83 bits per heavy atom. The minimum atomic E-state index is -3.97. The molecule has 0 aromatic heterocycles. The van der Waals surface area contributed by atoms with Gasteiger partial charge in [-0.2, -0.15) is 0 Å². The van der Waals surface area contributed by atoms with Crippen LogP contribution in [0.1, 0.15) is 22.8 Å². The molecule has 182 valence electrons. The number of nitrogens with one attached hydrogen (secondary N) is 1. The molecule has 1 heterocycles. The van der Waals surface area contributed by atoms with Crippen LogP contribution in [-0.4, -0.2) is 39.5 Å². The number of hydrogen-bond donors (Lipinski definition) is 1. The van der Waals surface area contributed by atoms with Crippen molar-refractivity contribution in [2.45, 2.75) is 24.8 Å². The van der Waals surface area contributed by atoms with Crippen molar-refractivity contribution < 1.29 is 27.5 Å². The largest absolute Gasteiger partial charge is 0.476 e. The standard InChI is InChI=1S/C25H23ClN2O6S/c1-3-33-25(30)19-14-17(10-13-20(19)26)27-24(29)23-15-28(21-6-4-5-7-22(21)34-23)35(31,32)18-11-8-16(2)9-12-18/h4-14,23H,3,15H2,1-2H3,(H,27,29)/t23-/m0/s1. The molecule has 3 aromatic rings. The maximum Gasteiger partial charge on any atom is 0.339 e. The highest BCUT2D eigenvalue weighted by atomic mass is 35.5. The molecular weight excluding hydrogens is 492 g/mol. The van der Waals surface area contributed by atoms with Gasteiger partial charge in [0.1, 0.15) is 5.75 Å². The third-order valence-corrected chi connectivity index (χ3v) is 7.49. The van der Waals surface area contributed by atoms with Gasteiger partial charge in [0.15, 0.2) is 6.10 Å². The maximum absolute atomic E-state index is 13.5. The fourth-order valence-electron chi connectivity index (χ4n) is 3.59. The molecule has 0 radical (unpaired) electrons. The summed E-state index contributed by atoms with van der Waals surface area (Å²) in [7, 11) is -3.97. The average Bonchev–Trinajstić information content (AvgIpc) is 2.84. The van der Waals surface area contributed by atoms with Gasteiger partial charge in [-0.1, -0.05) is 41.4 Å². The van der Waals surface area contributed by atoms with Gasteiger partial charge in [0.2, 0.25) is 0 Å². The van der Waals surface area contributed by atoms with Crippen LogP contribution in [0.4, 0.5) is 11.4 Å². The molecule has 0 fully saturated rings. The van der Waals surface area contributed by atoms with Gasteiger partial charge in [-0.25, -0.2) is 13.2 Å². The van der Waals surface area contributed by atoms with Crippen LogP contribution >= 0.6 is 11.6 Å². The predicted molar refractivity (Wildman–Crippen MR) is 133 cm³/mol. The van der Waals surface area contributed by atoms with Crippen molar-refractivity contribution >= 4 is 44.9 Å². The lowest BCUT2D eigenvalue weighted by Crippen LogP contribution is -2.48. The summed E-state index contributed by atoms with van der Waals surface area (Å²) in [5.41, 5.74) is 1.66. The Kier molecular flexibility index (Phi) is 7.00. The smallest absolute Gasteiger partial charge is 0.339 e. The zero-order chi connectivity index (χ0) is 25.2. The first-order valence-electron chi connectivity index (χ1n) is 10.8. The maximum atomic E-state index is 13.5. The van der Waals surface area contributed by atoms with E-state index in [9.17, 15) is 18.0 Å². The Morgan fingerprint density at radius 1 is 1.11 bits per heavy atom. The number of rotatable bonds is 6. The number of ether oxygens (including phenoxy) is 2. The van der Waals surface area contributed by atoms with Crippen molar-refractivity contribution in [3.8, 4) is 5.75 Å². The van der Waals surface area contributed by atoms with Gasteiger partial charge in [-0.05, 0) is 56.3 Å². The summed E-state index contributed by atoms with van der Waals surface area (Å²) in [6.07, 6.45) is -1.15. The van der Waals surface area contributed by atoms with Crippen molar-refractivity contribution in [1.29, 1.82) is 0 Å². The minimum Gasteiger partial charge on any atom is -0.476 e. The van der Waals surface area contributed by atoms with Crippen molar-refractivity contribution in [3.05, 3.63) is 82.9 Å². The Bertz CT molecular complexity index is 1370. The van der Waals surface area contributed by atoms with Crippen LogP contribution in [0, 0.1) is 6.92 Å². The molecule has 0 spiro atoms. The normalized spacial score (nSPS) is 15.1. The highest BCUT2D eigenvalue weighted by Gasteiger charge is 2.37. The molecule has 0 saturated heterocycles. The minimum absolute atomic E-state index is 0.102. The molecule has 1 aliphatic heterocycles. The Hall–Kier alpha value is -3.56. The second kappa shape index (κ2) is 9.97. The first-order chi connectivity index (χ1) is 16.7. The second-order valence-electron chi connectivity index (χ2n) is 7.83. The molecule has 1 aliphatic rings. The third kappa shape index (κ3) is 5.11. The molecule has 0 aliphatic carbocycles. The van der Waals surface area contributed by atoms with E-state index >= 15 is 0 Å². The summed E-state index contributed by atoms with van der Waals surface area (Å²) in [5.74, 6) is -0.939. The number of para-hydroxylation sites is 2. The van der Waals surface area contributed by atoms with Gasteiger partial charge in [0, 0.05) is 5.69 Å². The number of fused-ring (bicyclic) bond motifs is 1. The number of carbonyl (C=O) groups excluding carboxylic acids is 2. The van der Waals surface area contributed by atoms with Gasteiger partial charge in [0.05, 0.1) is 34.3 Å². The van der Waals surface area contributed by atoms with E-state index in [1.165, 1.54) is 34.6 Å². The summed E-state index contributed by atoms with van der Waals surface area (Å²) >= 11 is 6.09. The lowest BCUT2D eigenvalue weighted by molar-refractivity contribution is -0.122. The quantitative estimate of drug-likeness (QED) is 0.488. The van der Waals surface area contributed by atoms with Crippen LogP contribution in [0.25, 0.3) is 0 Å². The topological polar surface area (TPSA) is 102 Å². The SMILES string of the molecule is CCOC(=O)c1cc(NC(=O)[C@@H]2CN(S(=O)(=O)c3ccc(C)cc3)c3ccccc3O2)ccc1Cl. The highest BCUT2D eigenvalue weighted by Crippen LogP contribution is 2.37. The van der Waals surface area contributed by atoms with Crippen LogP contribution in [-0.2, 0) is 19.6 Å². The van der Waals surface area contributed by atoms with Crippen molar-refractivity contribution in [2.24, 2.45) is 0 Å². The first kappa shape index (κ1) is 24.6. The van der Waals surface area contributed by atoms with Crippen molar-refractivity contribution in [2.75, 3.05) is 22.8 Å². The number of anilines is 2. The van der Waals surface area contributed by atoms with E-state index < -0.39 is 28.0 Å². The van der Waals surface area contributed by atoms with Gasteiger partial charge in [-0.15, -0.1) is 0 Å². The summed E-state index contributed by atoms with van der Waals surface area (Å²) < 4.78 is 39.0. The highest BCUT2D eigenvalue weighted by molar-refractivity contribution is 7.92. The lowest BCUT2D eigenvalue weighted by Gasteiger charge is -2.34. The van der Waals surface area contributed by atoms with Gasteiger partial charge in [-0.3, -0.25) is 9.10 Å². The molecule has 1 atom stereocenters. The van der Waals surface area contributed by atoms with Crippen LogP contribution in [0.15, 0.2) is 71.6 Å². The van der Waals surface area contributed by atoms with Crippen LogP contribution < -0.4 is 14.4 Å². The van der Waals surface area contributed by atoms with Crippen LogP contribution in [0.3, 0.4) is 0 Å². The van der Waals surface area contributed by atoms with E-state index in [1.54, 1.807) is 43.3 Å². The van der Waals surface area contributed by atoms with E-state index in [-0.39, 0.29) is 40.1 Å². The number of carbonyl (C=O) groups is 2. The molecule has 10 heteroatoms. The van der Waals surface area contributed by atoms with Gasteiger partial charge < -0.3 is 14.8 Å². The second-order valence-corrected chi connectivity index (χ2v) is 10.1. The molecule has 3 aromatic carbocycles. The van der Waals surface area contributed by atoms with E-state index in [1.807, 2.05) is 6.92 Å². The molecule has 0 saturated carbocycles. The molecule has 4 rings (SSSR count). The lowest BCUT2D eigenvalue weighted by atomic mass is 10.2. The monoisotopic (exact) mass is 514 g/mol. The number of aryl methyl sites for hydroxylation is 1. The number of esters is 1. The molecule has 1 amide bonds. The summed E-state index contributed by atoms with van der Waals surface area (Å²) in [4.78, 5) is 25.4. The molecule has 0 unspecified atom stereocenters. The number of halogens is 1. The summed E-state index contributed by atoms with van der Waals surface area (Å²) in [6.45, 7) is 3.47. The summed E-state index contributed by atoms with van der Waals surface area (Å²) in [6, 6.07) is 17.5. The van der Waals surface area contributed by atoms with Crippen LogP contribution in [0.5, 0.6) is 5.75 Å². The van der Waals surface area contributed by atoms with Gasteiger partial charge >= 0.3 is 5.97 Å². The fourth-order valence-corrected chi connectivity index (χ4v) is 5.27. The van der Waals surface area contributed by atoms with E-state index in [2.05, 4.69) is 5.32 Å². The van der Waals surface area contributed by atoms with E-state index in [4.69, 9.17) is 21.1 Å². The third-order valence-electron chi connectivity index (χ3n) is 5.37. The van der Waals surface area contributed by atoms with Crippen molar-refractivity contribution in [1.82, 2.24) is 0 Å². The van der Waals surface area contributed by atoms with E-state index in [0.29, 0.717) is 5.69 Å². The first-order valence-corrected chi connectivity index (χ1v) is 12.6. The fraction of sp³-hybridized carbons (Fsp3) is 0.200. The molecule has 35 heavy (non-hydrogen) atoms. The van der Waals surface area contributed by atoms with E-state index in [0.717, 1.165) is 5.56 Å². The summed E-state index contributed by atoms with van der Waals surface area (Å²) in [5, 5.41) is 2.85. The number of hydrogen-bond acceptors (Lipinski definition) is 6.